The summed E-state index contributed by atoms with van der Waals surface area (Å²) in [7, 11) is 7.73. The first-order chi connectivity index (χ1) is 12.5. The number of hydrogen-bond acceptors (Lipinski definition) is 4. The summed E-state index contributed by atoms with van der Waals surface area (Å²) >= 11 is 0. The number of anilines is 1. The number of carbonyl (C=O) groups is 1. The van der Waals surface area contributed by atoms with Gasteiger partial charge in [-0.2, -0.15) is 0 Å². The molecule has 138 valence electrons. The van der Waals surface area contributed by atoms with Gasteiger partial charge in [0.05, 0.1) is 13.7 Å². The van der Waals surface area contributed by atoms with Gasteiger partial charge in [-0.25, -0.2) is 0 Å². The van der Waals surface area contributed by atoms with Crippen molar-refractivity contribution in [2.45, 2.75) is 12.6 Å². The summed E-state index contributed by atoms with van der Waals surface area (Å²) in [4.78, 5) is 18.7. The molecule has 0 aliphatic carbocycles. The van der Waals surface area contributed by atoms with E-state index >= 15 is 0 Å². The van der Waals surface area contributed by atoms with Crippen molar-refractivity contribution < 1.29 is 9.53 Å². The van der Waals surface area contributed by atoms with Crippen LogP contribution in [0.3, 0.4) is 0 Å². The van der Waals surface area contributed by atoms with Gasteiger partial charge in [0.2, 0.25) is 5.91 Å². The van der Waals surface area contributed by atoms with Crippen molar-refractivity contribution in [2.75, 3.05) is 46.2 Å². The molecule has 5 heteroatoms. The fourth-order valence-corrected chi connectivity index (χ4v) is 3.43. The Bertz CT molecular complexity index is 741. The summed E-state index contributed by atoms with van der Waals surface area (Å²) in [5.41, 5.74) is 3.51. The van der Waals surface area contributed by atoms with Gasteiger partial charge >= 0.3 is 0 Å². The molecule has 2 aromatic rings. The van der Waals surface area contributed by atoms with Crippen LogP contribution in [0.15, 0.2) is 48.5 Å². The molecule has 1 atom stereocenters. The van der Waals surface area contributed by atoms with E-state index in [1.165, 1.54) is 5.56 Å². The third-order valence-corrected chi connectivity index (χ3v) is 4.93. The predicted octanol–water partition coefficient (Wildman–Crippen LogP) is 2.78. The summed E-state index contributed by atoms with van der Waals surface area (Å²) in [6, 6.07) is 16.5. The van der Waals surface area contributed by atoms with Crippen LogP contribution in [0, 0.1) is 0 Å². The maximum Gasteiger partial charge on any atom is 0.238 e. The van der Waals surface area contributed by atoms with Crippen LogP contribution in [0.1, 0.15) is 17.3 Å². The fourth-order valence-electron chi connectivity index (χ4n) is 3.43. The molecule has 26 heavy (non-hydrogen) atoms. The van der Waals surface area contributed by atoms with Gasteiger partial charge in [-0.05, 0) is 48.9 Å². The summed E-state index contributed by atoms with van der Waals surface area (Å²) in [5.74, 6) is 1.03. The molecular formula is C21H27N3O2. The lowest BCUT2D eigenvalue weighted by molar-refractivity contribution is -0.128. The van der Waals surface area contributed by atoms with Crippen molar-refractivity contribution in [2.24, 2.45) is 0 Å². The molecule has 0 N–H and O–H groups in total. The van der Waals surface area contributed by atoms with Gasteiger partial charge < -0.3 is 14.5 Å². The van der Waals surface area contributed by atoms with E-state index in [0.717, 1.165) is 23.4 Å². The Kier molecular flexibility index (Phi) is 5.47. The smallest absolute Gasteiger partial charge is 0.238 e. The van der Waals surface area contributed by atoms with Crippen LogP contribution in [-0.2, 0) is 11.2 Å². The normalized spacial score (nSPS) is 17.6. The number of ether oxygens (including phenoxy) is 1. The molecule has 1 saturated heterocycles. The van der Waals surface area contributed by atoms with Gasteiger partial charge in [-0.3, -0.25) is 9.69 Å². The molecule has 1 fully saturated rings. The highest BCUT2D eigenvalue weighted by Crippen LogP contribution is 2.30. The van der Waals surface area contributed by atoms with Crippen molar-refractivity contribution in [1.82, 2.24) is 9.80 Å². The number of benzene rings is 2. The van der Waals surface area contributed by atoms with Gasteiger partial charge in [0, 0.05) is 26.3 Å². The lowest BCUT2D eigenvalue weighted by atomic mass is 10.1. The molecular weight excluding hydrogens is 326 g/mol. The zero-order valence-corrected chi connectivity index (χ0v) is 16.0. The number of nitrogens with zero attached hydrogens (tertiary/aromatic N) is 3. The standard InChI is InChI=1S/C21H27N3O2/c1-22(2)18-9-7-17(8-10-18)21-23(3)15-20(25)24(21)14-13-16-5-11-19(26-4)12-6-16/h5-12,21H,13-15H2,1-4H3. The van der Waals surface area contributed by atoms with Crippen LogP contribution in [0.25, 0.3) is 0 Å². The van der Waals surface area contributed by atoms with E-state index < -0.39 is 0 Å². The van der Waals surface area contributed by atoms with E-state index in [9.17, 15) is 4.79 Å². The van der Waals surface area contributed by atoms with E-state index in [1.54, 1.807) is 7.11 Å². The van der Waals surface area contributed by atoms with Crippen LogP contribution in [0.4, 0.5) is 5.69 Å². The van der Waals surface area contributed by atoms with Crippen molar-refractivity contribution in [3.05, 3.63) is 59.7 Å². The molecule has 1 aliphatic heterocycles. The highest BCUT2D eigenvalue weighted by Gasteiger charge is 2.36. The number of amides is 1. The van der Waals surface area contributed by atoms with Crippen LogP contribution in [-0.4, -0.2) is 57.0 Å². The number of likely N-dealkylation sites (N-methyl/N-ethyl adjacent to an activating group) is 1. The van der Waals surface area contributed by atoms with E-state index in [0.29, 0.717) is 13.1 Å². The van der Waals surface area contributed by atoms with Crippen LogP contribution in [0.2, 0.25) is 0 Å². The topological polar surface area (TPSA) is 36.0 Å². The molecule has 0 spiro atoms. The minimum absolute atomic E-state index is 0.00281. The summed E-state index contributed by atoms with van der Waals surface area (Å²) in [5, 5.41) is 0. The van der Waals surface area contributed by atoms with E-state index in [2.05, 4.69) is 46.2 Å². The first-order valence-electron chi connectivity index (χ1n) is 8.89. The summed E-state index contributed by atoms with van der Waals surface area (Å²) < 4.78 is 5.20. The molecule has 1 aliphatic rings. The lowest BCUT2D eigenvalue weighted by Crippen LogP contribution is -2.32. The number of methoxy groups -OCH3 is 1. The predicted molar refractivity (Wildman–Crippen MR) is 105 cm³/mol. The maximum atomic E-state index is 12.5. The van der Waals surface area contributed by atoms with Crippen LogP contribution < -0.4 is 9.64 Å². The van der Waals surface area contributed by atoms with E-state index in [1.807, 2.05) is 38.2 Å². The van der Waals surface area contributed by atoms with Crippen LogP contribution >= 0.6 is 0 Å². The lowest BCUT2D eigenvalue weighted by Gasteiger charge is -2.29. The highest BCUT2D eigenvalue weighted by molar-refractivity contribution is 5.81. The molecule has 3 rings (SSSR count). The highest BCUT2D eigenvalue weighted by atomic mass is 16.5. The Hall–Kier alpha value is -2.53. The zero-order valence-electron chi connectivity index (χ0n) is 16.0. The van der Waals surface area contributed by atoms with Crippen molar-refractivity contribution in [3.8, 4) is 5.75 Å². The number of carbonyl (C=O) groups excluding carboxylic acids is 1. The minimum atomic E-state index is -0.00281. The van der Waals surface area contributed by atoms with Crippen molar-refractivity contribution in [3.63, 3.8) is 0 Å². The fraction of sp³-hybridized carbons (Fsp3) is 0.381. The average molecular weight is 353 g/mol. The van der Waals surface area contributed by atoms with Gasteiger partial charge in [-0.1, -0.05) is 24.3 Å². The molecule has 2 aromatic carbocycles. The Balaban J connectivity index is 1.74. The summed E-state index contributed by atoms with van der Waals surface area (Å²) in [6.45, 7) is 1.16. The second-order valence-corrected chi connectivity index (χ2v) is 6.96. The Labute approximate surface area is 155 Å². The number of hydrogen-bond donors (Lipinski definition) is 0. The molecule has 1 heterocycles. The van der Waals surface area contributed by atoms with Gasteiger partial charge in [0.1, 0.15) is 11.9 Å². The average Bonchev–Trinajstić information content (AvgIpc) is 2.93. The Morgan fingerprint density at radius 3 is 2.31 bits per heavy atom. The van der Waals surface area contributed by atoms with Gasteiger partial charge in [0.25, 0.3) is 0 Å². The second-order valence-electron chi connectivity index (χ2n) is 6.96. The molecule has 0 bridgehead atoms. The second kappa shape index (κ2) is 7.79. The Morgan fingerprint density at radius 1 is 1.08 bits per heavy atom. The summed E-state index contributed by atoms with van der Waals surface area (Å²) in [6.07, 6.45) is 0.826. The van der Waals surface area contributed by atoms with Gasteiger partial charge in [0.15, 0.2) is 0 Å². The molecule has 1 unspecified atom stereocenters. The largest absolute Gasteiger partial charge is 0.497 e. The maximum absolute atomic E-state index is 12.5. The van der Waals surface area contributed by atoms with Crippen molar-refractivity contribution >= 4 is 11.6 Å². The van der Waals surface area contributed by atoms with E-state index in [4.69, 9.17) is 4.74 Å². The quantitative estimate of drug-likeness (QED) is 0.800. The SMILES string of the molecule is COc1ccc(CCN2C(=O)CN(C)C2c2ccc(N(C)C)cc2)cc1. The van der Waals surface area contributed by atoms with E-state index in [-0.39, 0.29) is 12.1 Å². The first kappa shape index (κ1) is 18.3. The third kappa shape index (κ3) is 3.83. The Morgan fingerprint density at radius 2 is 1.73 bits per heavy atom. The molecule has 1 amide bonds. The minimum Gasteiger partial charge on any atom is -0.497 e. The molecule has 5 nitrogen and oxygen atoms in total. The monoisotopic (exact) mass is 353 g/mol. The van der Waals surface area contributed by atoms with Gasteiger partial charge in [-0.15, -0.1) is 0 Å². The number of rotatable bonds is 6. The molecule has 0 aromatic heterocycles. The van der Waals surface area contributed by atoms with Crippen molar-refractivity contribution in [1.29, 1.82) is 0 Å². The van der Waals surface area contributed by atoms with Crippen LogP contribution in [0.5, 0.6) is 5.75 Å². The first-order valence-corrected chi connectivity index (χ1v) is 8.89. The third-order valence-electron chi connectivity index (χ3n) is 4.93. The molecule has 0 saturated carbocycles. The zero-order chi connectivity index (χ0) is 18.7. The molecule has 0 radical (unpaired) electrons.